The van der Waals surface area contributed by atoms with Gasteiger partial charge in [0.25, 0.3) is 5.89 Å². The Kier molecular flexibility index (Phi) is 9.38. The summed E-state index contributed by atoms with van der Waals surface area (Å²) in [7, 11) is -3.67. The van der Waals surface area contributed by atoms with Crippen LogP contribution in [-0.4, -0.2) is 49.4 Å². The second kappa shape index (κ2) is 12.1. The predicted molar refractivity (Wildman–Crippen MR) is 138 cm³/mol. The number of sulfonamides is 1. The van der Waals surface area contributed by atoms with E-state index in [1.165, 1.54) is 6.92 Å². The number of nitrogens with one attached hydrogen (secondary N) is 3. The third kappa shape index (κ3) is 8.50. The molecule has 0 unspecified atom stereocenters. The normalized spacial score (nSPS) is 13.3. The van der Waals surface area contributed by atoms with Crippen molar-refractivity contribution in [3.05, 3.63) is 80.4 Å². The second-order valence-corrected chi connectivity index (χ2v) is 11.2. The average molecular weight is 634 g/mol. The van der Waals surface area contributed by atoms with Crippen molar-refractivity contribution in [1.82, 2.24) is 15.6 Å². The topological polar surface area (TPSA) is 134 Å². The minimum Gasteiger partial charge on any atom is -0.415 e. The maximum atomic E-state index is 13.7. The third-order valence-electron chi connectivity index (χ3n) is 5.00. The summed E-state index contributed by atoms with van der Waals surface area (Å²) >= 11 is 2.19. The van der Waals surface area contributed by atoms with Gasteiger partial charge in [0.05, 0.1) is 18.4 Å². The summed E-state index contributed by atoms with van der Waals surface area (Å²) in [6.07, 6.45) is -0.337. The number of hydrogen-bond acceptors (Lipinski definition) is 7. The van der Waals surface area contributed by atoms with Crippen LogP contribution in [0.4, 0.5) is 14.7 Å². The lowest BCUT2D eigenvalue weighted by molar-refractivity contribution is 0.0799. The fourth-order valence-corrected chi connectivity index (χ4v) is 4.54. The van der Waals surface area contributed by atoms with Crippen molar-refractivity contribution >= 4 is 44.4 Å². The van der Waals surface area contributed by atoms with Crippen LogP contribution >= 0.6 is 22.6 Å². The van der Waals surface area contributed by atoms with E-state index < -0.39 is 45.6 Å². The van der Waals surface area contributed by atoms with Crippen molar-refractivity contribution < 1.29 is 31.5 Å². The Morgan fingerprint density at radius 2 is 1.86 bits per heavy atom. The summed E-state index contributed by atoms with van der Waals surface area (Å²) in [5, 5.41) is 16.5. The number of amides is 1. The van der Waals surface area contributed by atoms with Crippen molar-refractivity contribution in [2.45, 2.75) is 32.0 Å². The first-order valence-electron chi connectivity index (χ1n) is 10.7. The number of halogens is 3. The summed E-state index contributed by atoms with van der Waals surface area (Å²) in [4.78, 5) is 16.8. The van der Waals surface area contributed by atoms with Crippen LogP contribution in [0.3, 0.4) is 0 Å². The van der Waals surface area contributed by atoms with E-state index >= 15 is 0 Å². The highest BCUT2D eigenvalue weighted by atomic mass is 127. The zero-order chi connectivity index (χ0) is 26.5. The molecular formula is C23H25F2IN4O5S. The molecular weight excluding hydrogens is 609 g/mol. The van der Waals surface area contributed by atoms with Crippen LogP contribution in [0.5, 0.6) is 0 Å². The van der Waals surface area contributed by atoms with Gasteiger partial charge in [-0.3, -0.25) is 9.52 Å². The summed E-state index contributed by atoms with van der Waals surface area (Å²) in [6, 6.07) is 9.70. The van der Waals surface area contributed by atoms with E-state index in [9.17, 15) is 27.1 Å². The molecule has 0 saturated heterocycles. The molecule has 0 aliphatic heterocycles. The van der Waals surface area contributed by atoms with E-state index in [1.54, 1.807) is 0 Å². The highest BCUT2D eigenvalue weighted by Gasteiger charge is 2.26. The second-order valence-electron chi connectivity index (χ2n) is 8.20. The van der Waals surface area contributed by atoms with Crippen LogP contribution in [0, 0.1) is 22.1 Å². The number of aliphatic hydroxyl groups is 1. The van der Waals surface area contributed by atoms with E-state index in [2.05, 4.69) is 42.9 Å². The molecule has 2 atom stereocenters. The van der Waals surface area contributed by atoms with Crippen LogP contribution in [0.2, 0.25) is 0 Å². The van der Waals surface area contributed by atoms with Gasteiger partial charge in [0.2, 0.25) is 15.9 Å². The Morgan fingerprint density at radius 3 is 2.50 bits per heavy atom. The monoisotopic (exact) mass is 634 g/mol. The Labute approximate surface area is 220 Å². The highest BCUT2D eigenvalue weighted by Crippen LogP contribution is 2.18. The highest BCUT2D eigenvalue weighted by molar-refractivity contribution is 14.1. The Morgan fingerprint density at radius 1 is 1.17 bits per heavy atom. The Bertz CT molecular complexity index is 1320. The van der Waals surface area contributed by atoms with E-state index in [-0.39, 0.29) is 30.1 Å². The summed E-state index contributed by atoms with van der Waals surface area (Å²) in [5.74, 6) is -3.07. The molecule has 1 aromatic heterocycles. The van der Waals surface area contributed by atoms with Crippen LogP contribution in [0.15, 0.2) is 46.9 Å². The van der Waals surface area contributed by atoms with Crippen LogP contribution < -0.4 is 15.4 Å². The number of oxazole rings is 1. The number of anilines is 1. The summed E-state index contributed by atoms with van der Waals surface area (Å²) < 4.78 is 58.8. The predicted octanol–water partition coefficient (Wildman–Crippen LogP) is 2.73. The molecule has 2 aromatic carbocycles. The molecule has 0 spiro atoms. The van der Waals surface area contributed by atoms with Gasteiger partial charge in [-0.15, -0.1) is 0 Å². The lowest BCUT2D eigenvalue weighted by Crippen LogP contribution is -2.48. The number of benzene rings is 2. The van der Waals surface area contributed by atoms with Gasteiger partial charge < -0.3 is 20.2 Å². The molecule has 1 amide bonds. The van der Waals surface area contributed by atoms with Gasteiger partial charge >= 0.3 is 5.91 Å². The number of aromatic nitrogens is 1. The lowest BCUT2D eigenvalue weighted by Gasteiger charge is -2.24. The van der Waals surface area contributed by atoms with Crippen molar-refractivity contribution in [3.8, 4) is 0 Å². The average Bonchev–Trinajstić information content (AvgIpc) is 3.11. The maximum absolute atomic E-state index is 13.7. The molecule has 4 N–H and O–H groups in total. The van der Waals surface area contributed by atoms with Crippen molar-refractivity contribution in [1.29, 1.82) is 0 Å². The molecule has 0 aliphatic carbocycles. The quantitative estimate of drug-likeness (QED) is 0.239. The molecule has 0 bridgehead atoms. The number of rotatable bonds is 11. The fraction of sp³-hybridized carbons (Fsp3) is 0.304. The minimum absolute atomic E-state index is 0.0553. The molecule has 3 aromatic rings. The van der Waals surface area contributed by atoms with Gasteiger partial charge in [-0.05, 0) is 71.3 Å². The van der Waals surface area contributed by atoms with Gasteiger partial charge in [-0.2, -0.15) is 0 Å². The van der Waals surface area contributed by atoms with Crippen molar-refractivity contribution in [3.63, 3.8) is 0 Å². The Hall–Kier alpha value is -2.62. The molecule has 0 radical (unpaired) electrons. The molecule has 13 heteroatoms. The van der Waals surface area contributed by atoms with Crippen LogP contribution in [-0.2, 0) is 23.0 Å². The number of hydrogen-bond donors (Lipinski definition) is 4. The largest absolute Gasteiger partial charge is 0.415 e. The van der Waals surface area contributed by atoms with E-state index in [0.717, 1.165) is 33.6 Å². The van der Waals surface area contributed by atoms with E-state index in [1.807, 2.05) is 24.3 Å². The van der Waals surface area contributed by atoms with Crippen molar-refractivity contribution in [2.75, 3.05) is 17.5 Å². The van der Waals surface area contributed by atoms with E-state index in [0.29, 0.717) is 6.54 Å². The first-order valence-corrected chi connectivity index (χ1v) is 13.7. The fourth-order valence-electron chi connectivity index (χ4n) is 3.41. The molecule has 3 rings (SSSR count). The van der Waals surface area contributed by atoms with Crippen LogP contribution in [0.25, 0.3) is 0 Å². The number of aryl methyl sites for hydroxylation is 1. The first kappa shape index (κ1) is 28.0. The summed E-state index contributed by atoms with van der Waals surface area (Å²) in [6.45, 7) is 1.95. The molecule has 36 heavy (non-hydrogen) atoms. The van der Waals surface area contributed by atoms with E-state index in [4.69, 9.17) is 4.42 Å². The van der Waals surface area contributed by atoms with Gasteiger partial charge in [0, 0.05) is 22.7 Å². The maximum Gasteiger partial charge on any atom is 0.307 e. The van der Waals surface area contributed by atoms with Gasteiger partial charge in [0.15, 0.2) is 0 Å². The molecule has 1 heterocycles. The minimum atomic E-state index is -3.67. The Balaban J connectivity index is 1.75. The lowest BCUT2D eigenvalue weighted by atomic mass is 10.0. The molecule has 0 fully saturated rings. The number of carbonyl (C=O) groups is 1. The summed E-state index contributed by atoms with van der Waals surface area (Å²) in [5.41, 5.74) is 1.34. The molecule has 9 nitrogen and oxygen atoms in total. The molecule has 194 valence electrons. The van der Waals surface area contributed by atoms with Crippen LogP contribution in [0.1, 0.15) is 27.5 Å². The molecule has 0 saturated carbocycles. The number of aliphatic hydroxyl groups excluding tert-OH is 1. The zero-order valence-electron chi connectivity index (χ0n) is 19.4. The van der Waals surface area contributed by atoms with Crippen molar-refractivity contribution in [2.24, 2.45) is 0 Å². The molecule has 0 aliphatic rings. The smallest absolute Gasteiger partial charge is 0.307 e. The zero-order valence-corrected chi connectivity index (χ0v) is 22.4. The standard InChI is InChI=1S/C23H25F2IN4O5S/c1-13-22(30-36(2,33)34)35-23(28-13)21(32)29-19(9-15-6-16(24)10-17(25)7-15)20(31)12-27-11-14-4-3-5-18(26)8-14/h3-8,10,19-20,27,30-31H,9,11-12H2,1-2H3,(H,29,32)/t19-,20+/m0/s1. The number of nitrogens with zero attached hydrogens (tertiary/aromatic N) is 1. The van der Waals surface area contributed by atoms with Gasteiger partial charge in [0.1, 0.15) is 17.3 Å². The first-order chi connectivity index (χ1) is 16.9. The van der Waals surface area contributed by atoms with Gasteiger partial charge in [-0.25, -0.2) is 22.2 Å². The SMILES string of the molecule is Cc1nc(C(=O)N[C@@H](Cc2cc(F)cc(F)c2)[C@H](O)CNCc2cccc(I)c2)oc1NS(C)(=O)=O. The van der Waals surface area contributed by atoms with Gasteiger partial charge in [-0.1, -0.05) is 12.1 Å². The number of carbonyl (C=O) groups excluding carboxylic acids is 1. The third-order valence-corrected chi connectivity index (χ3v) is 6.23.